The maximum Gasteiger partial charge on any atom is 0.276 e. The largest absolute Gasteiger partial charge is 0.454 e. The molecule has 1 aromatic heterocycles. The van der Waals surface area contributed by atoms with E-state index < -0.39 is 0 Å². The fraction of sp³-hybridized carbons (Fsp3) is 0.105. The molecule has 3 aromatic rings. The zero-order chi connectivity index (χ0) is 18.6. The monoisotopic (exact) mass is 382 g/mol. The Morgan fingerprint density at radius 1 is 1.00 bits per heavy atom. The van der Waals surface area contributed by atoms with Crippen LogP contribution in [-0.2, 0) is 6.54 Å². The van der Waals surface area contributed by atoms with Crippen LogP contribution in [0.4, 0.5) is 11.5 Å². The lowest BCUT2D eigenvalue weighted by atomic mass is 10.2. The molecule has 2 heterocycles. The van der Waals surface area contributed by atoms with E-state index in [9.17, 15) is 4.79 Å². The lowest BCUT2D eigenvalue weighted by Gasteiger charge is -2.07. The molecular weight excluding hydrogens is 368 g/mol. The summed E-state index contributed by atoms with van der Waals surface area (Å²) in [5, 5.41) is 14.6. The number of hydrogen-bond acceptors (Lipinski definition) is 6. The van der Waals surface area contributed by atoms with Crippen molar-refractivity contribution in [1.29, 1.82) is 0 Å². The van der Waals surface area contributed by atoms with Gasteiger partial charge in [-0.1, -0.05) is 23.7 Å². The molecule has 1 amide bonds. The van der Waals surface area contributed by atoms with E-state index in [-0.39, 0.29) is 18.4 Å². The number of aromatic nitrogens is 2. The van der Waals surface area contributed by atoms with Gasteiger partial charge in [-0.25, -0.2) is 0 Å². The molecule has 7 nitrogen and oxygen atoms in total. The topological polar surface area (TPSA) is 85.4 Å². The highest BCUT2D eigenvalue weighted by Gasteiger charge is 2.15. The van der Waals surface area contributed by atoms with Crippen molar-refractivity contribution in [3.63, 3.8) is 0 Å². The number of carbonyl (C=O) groups is 1. The Hall–Kier alpha value is -3.32. The average Bonchev–Trinajstić information content (AvgIpc) is 3.16. The first-order valence-electron chi connectivity index (χ1n) is 8.20. The Labute approximate surface area is 160 Å². The molecule has 0 aliphatic carbocycles. The molecule has 2 aromatic carbocycles. The number of hydrogen-bond donors (Lipinski definition) is 2. The van der Waals surface area contributed by atoms with E-state index in [0.717, 1.165) is 5.56 Å². The fourth-order valence-electron chi connectivity index (χ4n) is 2.51. The number of ether oxygens (including phenoxy) is 2. The van der Waals surface area contributed by atoms with Gasteiger partial charge in [0.05, 0.1) is 0 Å². The number of anilines is 2. The summed E-state index contributed by atoms with van der Waals surface area (Å²) in [6.07, 6.45) is 0. The van der Waals surface area contributed by atoms with Gasteiger partial charge < -0.3 is 20.1 Å². The van der Waals surface area contributed by atoms with Crippen molar-refractivity contribution < 1.29 is 14.3 Å². The normalized spacial score (nSPS) is 11.9. The van der Waals surface area contributed by atoms with E-state index in [1.54, 1.807) is 30.3 Å². The van der Waals surface area contributed by atoms with Crippen LogP contribution >= 0.6 is 11.6 Å². The van der Waals surface area contributed by atoms with Crippen LogP contribution in [0.2, 0.25) is 5.02 Å². The minimum absolute atomic E-state index is 0.183. The van der Waals surface area contributed by atoms with Crippen molar-refractivity contribution in [3.8, 4) is 11.5 Å². The lowest BCUT2D eigenvalue weighted by molar-refractivity contribution is 0.102. The molecule has 0 fully saturated rings. The SMILES string of the molecule is O=C(Nc1ccc2c(c1)OCO2)c1ccc(NCc2ccc(Cl)cc2)nn1. The Balaban J connectivity index is 1.36. The molecule has 2 N–H and O–H groups in total. The Morgan fingerprint density at radius 3 is 2.59 bits per heavy atom. The van der Waals surface area contributed by atoms with E-state index in [2.05, 4.69) is 20.8 Å². The summed E-state index contributed by atoms with van der Waals surface area (Å²) < 4.78 is 10.5. The van der Waals surface area contributed by atoms with Gasteiger partial charge in [0.25, 0.3) is 5.91 Å². The molecule has 27 heavy (non-hydrogen) atoms. The third-order valence-corrected chi connectivity index (χ3v) is 4.17. The number of halogens is 1. The number of carbonyl (C=O) groups excluding carboxylic acids is 1. The molecule has 0 saturated carbocycles. The summed E-state index contributed by atoms with van der Waals surface area (Å²) in [4.78, 5) is 12.3. The van der Waals surface area contributed by atoms with Gasteiger partial charge in [-0.2, -0.15) is 0 Å². The predicted octanol–water partition coefficient (Wildman–Crippen LogP) is 3.72. The van der Waals surface area contributed by atoms with Crippen LogP contribution in [-0.4, -0.2) is 22.9 Å². The smallest absolute Gasteiger partial charge is 0.276 e. The molecule has 1 aliphatic heterocycles. The van der Waals surface area contributed by atoms with Crippen LogP contribution in [0.1, 0.15) is 16.1 Å². The highest BCUT2D eigenvalue weighted by Crippen LogP contribution is 2.34. The van der Waals surface area contributed by atoms with E-state index in [1.165, 1.54) is 0 Å². The van der Waals surface area contributed by atoms with Gasteiger partial charge in [-0.15, -0.1) is 10.2 Å². The lowest BCUT2D eigenvalue weighted by Crippen LogP contribution is -2.14. The third kappa shape index (κ3) is 4.09. The first kappa shape index (κ1) is 17.1. The maximum absolute atomic E-state index is 12.3. The zero-order valence-corrected chi connectivity index (χ0v) is 14.9. The summed E-state index contributed by atoms with van der Waals surface area (Å²) in [5.74, 6) is 1.47. The van der Waals surface area contributed by atoms with Crippen LogP contribution in [0.15, 0.2) is 54.6 Å². The van der Waals surface area contributed by atoms with Crippen LogP contribution < -0.4 is 20.1 Å². The highest BCUT2D eigenvalue weighted by atomic mass is 35.5. The molecule has 4 rings (SSSR count). The van der Waals surface area contributed by atoms with Gasteiger partial charge in [0.2, 0.25) is 6.79 Å². The maximum atomic E-state index is 12.3. The van der Waals surface area contributed by atoms with E-state index in [1.807, 2.05) is 24.3 Å². The first-order valence-corrected chi connectivity index (χ1v) is 8.58. The van der Waals surface area contributed by atoms with E-state index in [4.69, 9.17) is 21.1 Å². The number of nitrogens with zero attached hydrogens (tertiary/aromatic N) is 2. The molecule has 1 aliphatic rings. The van der Waals surface area contributed by atoms with Crippen molar-refractivity contribution in [2.45, 2.75) is 6.54 Å². The van der Waals surface area contributed by atoms with Crippen molar-refractivity contribution >= 4 is 29.0 Å². The number of fused-ring (bicyclic) bond motifs is 1. The average molecular weight is 383 g/mol. The van der Waals surface area contributed by atoms with Crippen molar-refractivity contribution in [2.75, 3.05) is 17.4 Å². The van der Waals surface area contributed by atoms with E-state index >= 15 is 0 Å². The summed E-state index contributed by atoms with van der Waals surface area (Å²) >= 11 is 5.87. The van der Waals surface area contributed by atoms with E-state index in [0.29, 0.717) is 34.6 Å². The van der Waals surface area contributed by atoms with Gasteiger partial charge in [0.1, 0.15) is 5.82 Å². The number of rotatable bonds is 5. The number of benzene rings is 2. The fourth-order valence-corrected chi connectivity index (χ4v) is 2.64. The van der Waals surface area contributed by atoms with Gasteiger partial charge in [0, 0.05) is 23.3 Å². The minimum Gasteiger partial charge on any atom is -0.454 e. The molecular formula is C19H15ClN4O3. The van der Waals surface area contributed by atoms with Crippen molar-refractivity contribution in [1.82, 2.24) is 10.2 Å². The number of nitrogens with one attached hydrogen (secondary N) is 2. The Kier molecular flexibility index (Phi) is 4.76. The summed E-state index contributed by atoms with van der Waals surface area (Å²) in [7, 11) is 0. The molecule has 0 bridgehead atoms. The van der Waals surface area contributed by atoms with Crippen molar-refractivity contribution in [3.05, 3.63) is 70.9 Å². The Bertz CT molecular complexity index is 962. The molecule has 0 saturated heterocycles. The molecule has 0 unspecified atom stereocenters. The molecule has 136 valence electrons. The second kappa shape index (κ2) is 7.51. The van der Waals surface area contributed by atoms with Gasteiger partial charge in [-0.05, 0) is 42.0 Å². The van der Waals surface area contributed by atoms with Crippen LogP contribution in [0.5, 0.6) is 11.5 Å². The Morgan fingerprint density at radius 2 is 1.81 bits per heavy atom. The first-order chi connectivity index (χ1) is 13.2. The summed E-state index contributed by atoms with van der Waals surface area (Å²) in [6, 6.07) is 16.0. The standard InChI is InChI=1S/C19H15ClN4O3/c20-13-3-1-12(2-4-13)10-21-18-8-6-15(23-24-18)19(25)22-14-5-7-16-17(9-14)27-11-26-16/h1-9H,10-11H2,(H,21,24)(H,22,25). The van der Waals surface area contributed by atoms with Gasteiger partial charge in [-0.3, -0.25) is 4.79 Å². The minimum atomic E-state index is -0.356. The van der Waals surface area contributed by atoms with Crippen LogP contribution in [0, 0.1) is 0 Å². The third-order valence-electron chi connectivity index (χ3n) is 3.91. The van der Waals surface area contributed by atoms with Gasteiger partial charge in [0.15, 0.2) is 17.2 Å². The quantitative estimate of drug-likeness (QED) is 0.699. The van der Waals surface area contributed by atoms with Crippen LogP contribution in [0.3, 0.4) is 0 Å². The second-order valence-electron chi connectivity index (χ2n) is 5.81. The second-order valence-corrected chi connectivity index (χ2v) is 6.24. The zero-order valence-electron chi connectivity index (χ0n) is 14.1. The highest BCUT2D eigenvalue weighted by molar-refractivity contribution is 6.30. The van der Waals surface area contributed by atoms with Crippen LogP contribution in [0.25, 0.3) is 0 Å². The van der Waals surface area contributed by atoms with Gasteiger partial charge >= 0.3 is 0 Å². The molecule has 8 heteroatoms. The summed E-state index contributed by atoms with van der Waals surface area (Å²) in [6.45, 7) is 0.761. The molecule has 0 atom stereocenters. The summed E-state index contributed by atoms with van der Waals surface area (Å²) in [5.41, 5.74) is 1.87. The van der Waals surface area contributed by atoms with Crippen molar-refractivity contribution in [2.24, 2.45) is 0 Å². The molecule has 0 radical (unpaired) electrons. The number of amides is 1. The molecule has 0 spiro atoms. The predicted molar refractivity (Wildman–Crippen MR) is 101 cm³/mol.